The molecule has 0 radical (unpaired) electrons. The third kappa shape index (κ3) is 1.95. The van der Waals surface area contributed by atoms with Gasteiger partial charge < -0.3 is 0 Å². The van der Waals surface area contributed by atoms with E-state index in [2.05, 4.69) is 0 Å². The van der Waals surface area contributed by atoms with E-state index < -0.39 is 23.2 Å². The molecule has 0 N–H and O–H groups in total. The van der Waals surface area contributed by atoms with Crippen molar-refractivity contribution in [3.8, 4) is 5.69 Å². The average molecular weight is 261 g/mol. The normalized spacial score (nSPS) is 10.4. The van der Waals surface area contributed by atoms with Gasteiger partial charge in [-0.3, -0.25) is 9.59 Å². The number of rotatable bonds is 1. The maximum absolute atomic E-state index is 12.1. The molecule has 0 saturated carbocycles. The van der Waals surface area contributed by atoms with E-state index in [9.17, 15) is 19.2 Å². The first-order valence-electron chi connectivity index (χ1n) is 5.49. The summed E-state index contributed by atoms with van der Waals surface area (Å²) in [5.74, 6) is -1.38. The van der Waals surface area contributed by atoms with Crippen molar-refractivity contribution in [1.82, 2.24) is 13.9 Å². The van der Waals surface area contributed by atoms with Crippen LogP contribution in [0.2, 0.25) is 0 Å². The molecule has 0 unspecified atom stereocenters. The quantitative estimate of drug-likeness (QED) is 0.730. The van der Waals surface area contributed by atoms with Crippen LogP contribution in [0.4, 0.5) is 0 Å². The first-order valence-corrected chi connectivity index (χ1v) is 5.49. The molecule has 7 heteroatoms. The van der Waals surface area contributed by atoms with Gasteiger partial charge in [0.15, 0.2) is 0 Å². The minimum absolute atomic E-state index is 0.333. The molecule has 0 aliphatic heterocycles. The predicted octanol–water partition coefficient (Wildman–Crippen LogP) is 0.121. The monoisotopic (exact) mass is 261 g/mol. The number of carbonyl (C=O) groups is 2. The zero-order valence-corrected chi connectivity index (χ0v) is 10.4. The van der Waals surface area contributed by atoms with Gasteiger partial charge in [0.05, 0.1) is 5.69 Å². The van der Waals surface area contributed by atoms with Crippen molar-refractivity contribution in [1.29, 1.82) is 0 Å². The van der Waals surface area contributed by atoms with Crippen LogP contribution in [0, 0.1) is 0 Å². The number of nitrogens with zero attached hydrogens (tertiary/aromatic N) is 3. The van der Waals surface area contributed by atoms with Gasteiger partial charge in [0, 0.05) is 13.8 Å². The SMILES string of the molecule is CC(=O)n1c(=O)n(C(C)=O)n(-c2ccccc2)c1=O. The molecule has 7 nitrogen and oxygen atoms in total. The predicted molar refractivity (Wildman–Crippen MR) is 66.9 cm³/mol. The average Bonchev–Trinajstić information content (AvgIpc) is 2.61. The first kappa shape index (κ1) is 12.7. The molecule has 2 rings (SSSR count). The summed E-state index contributed by atoms with van der Waals surface area (Å²) >= 11 is 0. The molecule has 0 spiro atoms. The summed E-state index contributed by atoms with van der Waals surface area (Å²) in [6.07, 6.45) is 0. The Labute approximate surface area is 107 Å². The first-order chi connectivity index (χ1) is 8.95. The minimum Gasteiger partial charge on any atom is -0.274 e. The fraction of sp³-hybridized carbons (Fsp3) is 0.167. The molecule has 0 amide bonds. The number of carbonyl (C=O) groups excluding carboxylic acids is 2. The Kier molecular flexibility index (Phi) is 3.04. The summed E-state index contributed by atoms with van der Waals surface area (Å²) in [7, 11) is 0. The molecule has 0 aliphatic carbocycles. The number of aromatic nitrogens is 3. The maximum atomic E-state index is 12.1. The summed E-state index contributed by atoms with van der Waals surface area (Å²) in [6.45, 7) is 2.23. The lowest BCUT2D eigenvalue weighted by Crippen LogP contribution is -2.34. The Hall–Kier alpha value is -2.70. The van der Waals surface area contributed by atoms with Crippen LogP contribution in [0.1, 0.15) is 23.4 Å². The van der Waals surface area contributed by atoms with Crippen molar-refractivity contribution in [3.05, 3.63) is 51.3 Å². The molecule has 1 heterocycles. The fourth-order valence-corrected chi connectivity index (χ4v) is 1.78. The zero-order chi connectivity index (χ0) is 14.2. The highest BCUT2D eigenvalue weighted by atomic mass is 16.2. The Balaban J connectivity index is 2.93. The standard InChI is InChI=1S/C12H11N3O4/c1-8(16)13-11(18)14(9(2)17)15(12(13)19)10-6-4-3-5-7-10/h3-7H,1-2H3. The summed E-state index contributed by atoms with van der Waals surface area (Å²) in [4.78, 5) is 46.9. The molecule has 2 aromatic rings. The van der Waals surface area contributed by atoms with E-state index >= 15 is 0 Å². The minimum atomic E-state index is -0.964. The maximum Gasteiger partial charge on any atom is 0.361 e. The van der Waals surface area contributed by atoms with Crippen LogP contribution in [-0.2, 0) is 0 Å². The van der Waals surface area contributed by atoms with E-state index in [1.807, 2.05) is 0 Å². The highest BCUT2D eigenvalue weighted by Crippen LogP contribution is 2.02. The molecule has 0 saturated heterocycles. The van der Waals surface area contributed by atoms with Crippen molar-refractivity contribution < 1.29 is 9.59 Å². The largest absolute Gasteiger partial charge is 0.361 e. The van der Waals surface area contributed by atoms with Crippen LogP contribution in [0.3, 0.4) is 0 Å². The Bertz CT molecular complexity index is 765. The summed E-state index contributed by atoms with van der Waals surface area (Å²) < 4.78 is 1.94. The van der Waals surface area contributed by atoms with Gasteiger partial charge in [0.1, 0.15) is 0 Å². The smallest absolute Gasteiger partial charge is 0.274 e. The van der Waals surface area contributed by atoms with Gasteiger partial charge in [-0.15, -0.1) is 0 Å². The van der Waals surface area contributed by atoms with E-state index in [4.69, 9.17) is 0 Å². The highest BCUT2D eigenvalue weighted by Gasteiger charge is 2.21. The third-order valence-electron chi connectivity index (χ3n) is 2.56. The summed E-state index contributed by atoms with van der Waals surface area (Å²) in [5.41, 5.74) is -1.49. The van der Waals surface area contributed by atoms with E-state index in [0.717, 1.165) is 18.5 Å². The van der Waals surface area contributed by atoms with Crippen LogP contribution in [0.5, 0.6) is 0 Å². The van der Waals surface area contributed by atoms with Gasteiger partial charge in [-0.25, -0.2) is 9.59 Å². The van der Waals surface area contributed by atoms with Crippen LogP contribution in [0.25, 0.3) is 5.69 Å². The molecule has 1 aromatic carbocycles. The summed E-state index contributed by atoms with van der Waals surface area (Å²) in [6, 6.07) is 8.16. The van der Waals surface area contributed by atoms with Crippen LogP contribution >= 0.6 is 0 Å². The zero-order valence-electron chi connectivity index (χ0n) is 10.4. The van der Waals surface area contributed by atoms with E-state index in [1.165, 1.54) is 0 Å². The van der Waals surface area contributed by atoms with Gasteiger partial charge in [-0.05, 0) is 12.1 Å². The molecule has 0 atom stereocenters. The fourth-order valence-electron chi connectivity index (χ4n) is 1.78. The second-order valence-corrected chi connectivity index (χ2v) is 3.90. The molecule has 0 fully saturated rings. The van der Waals surface area contributed by atoms with Crippen molar-refractivity contribution in [2.24, 2.45) is 0 Å². The number of hydrogen-bond donors (Lipinski definition) is 0. The Morgan fingerprint density at radius 3 is 1.95 bits per heavy atom. The van der Waals surface area contributed by atoms with Gasteiger partial charge in [0.2, 0.25) is 11.8 Å². The molecule has 98 valence electrons. The van der Waals surface area contributed by atoms with Crippen molar-refractivity contribution >= 4 is 11.8 Å². The van der Waals surface area contributed by atoms with Crippen LogP contribution in [-0.4, -0.2) is 25.7 Å². The topological polar surface area (TPSA) is 83.1 Å². The third-order valence-corrected chi connectivity index (χ3v) is 2.56. The molecular weight excluding hydrogens is 250 g/mol. The van der Waals surface area contributed by atoms with Gasteiger partial charge in [0.25, 0.3) is 0 Å². The van der Waals surface area contributed by atoms with E-state index in [1.54, 1.807) is 30.3 Å². The number of hydrogen-bond acceptors (Lipinski definition) is 4. The number of benzene rings is 1. The molecular formula is C12H11N3O4. The second-order valence-electron chi connectivity index (χ2n) is 3.90. The van der Waals surface area contributed by atoms with Crippen molar-refractivity contribution in [3.63, 3.8) is 0 Å². The van der Waals surface area contributed by atoms with E-state index in [-0.39, 0.29) is 0 Å². The number of para-hydroxylation sites is 1. The van der Waals surface area contributed by atoms with Crippen LogP contribution in [0.15, 0.2) is 39.9 Å². The van der Waals surface area contributed by atoms with Crippen molar-refractivity contribution in [2.75, 3.05) is 0 Å². The summed E-state index contributed by atoms with van der Waals surface area (Å²) in [5, 5.41) is 0. The Morgan fingerprint density at radius 1 is 0.895 bits per heavy atom. The van der Waals surface area contributed by atoms with E-state index in [0.29, 0.717) is 14.9 Å². The lowest BCUT2D eigenvalue weighted by atomic mass is 10.3. The molecule has 0 aliphatic rings. The van der Waals surface area contributed by atoms with Crippen molar-refractivity contribution in [2.45, 2.75) is 13.8 Å². The molecule has 1 aromatic heterocycles. The Morgan fingerprint density at radius 2 is 1.47 bits per heavy atom. The van der Waals surface area contributed by atoms with Gasteiger partial charge >= 0.3 is 11.4 Å². The highest BCUT2D eigenvalue weighted by molar-refractivity contribution is 5.78. The molecule has 0 bridgehead atoms. The lowest BCUT2D eigenvalue weighted by Gasteiger charge is -2.04. The van der Waals surface area contributed by atoms with Crippen LogP contribution < -0.4 is 11.4 Å². The second kappa shape index (κ2) is 4.52. The van der Waals surface area contributed by atoms with Gasteiger partial charge in [-0.1, -0.05) is 18.2 Å². The van der Waals surface area contributed by atoms with Gasteiger partial charge in [-0.2, -0.15) is 13.9 Å². The molecule has 19 heavy (non-hydrogen) atoms. The lowest BCUT2D eigenvalue weighted by molar-refractivity contribution is 0.0905.